The molecule has 0 aliphatic rings. The molecule has 4 heteroatoms. The Balaban J connectivity index is 3.24. The molecule has 0 aliphatic heterocycles. The van der Waals surface area contributed by atoms with Crippen molar-refractivity contribution >= 4 is 5.97 Å². The molecule has 1 aromatic carbocycles. The summed E-state index contributed by atoms with van der Waals surface area (Å²) >= 11 is 0. The van der Waals surface area contributed by atoms with Crippen LogP contribution in [0.4, 0.5) is 4.39 Å². The Kier molecular flexibility index (Phi) is 3.06. The lowest BCUT2D eigenvalue weighted by Crippen LogP contribution is -2.04. The van der Waals surface area contributed by atoms with Gasteiger partial charge in [-0.25, -0.2) is 9.18 Å². The van der Waals surface area contributed by atoms with Gasteiger partial charge in [-0.1, -0.05) is 0 Å². The maximum absolute atomic E-state index is 13.0. The third kappa shape index (κ3) is 2.02. The van der Waals surface area contributed by atoms with Crippen molar-refractivity contribution in [2.45, 2.75) is 13.8 Å². The van der Waals surface area contributed by atoms with Crippen LogP contribution in [0.2, 0.25) is 0 Å². The molecule has 1 aromatic rings. The lowest BCUT2D eigenvalue weighted by atomic mass is 10.1. The van der Waals surface area contributed by atoms with Gasteiger partial charge in [0.2, 0.25) is 0 Å². The van der Waals surface area contributed by atoms with Gasteiger partial charge in [0.1, 0.15) is 17.1 Å². The van der Waals surface area contributed by atoms with Crippen LogP contribution < -0.4 is 4.74 Å². The molecule has 14 heavy (non-hydrogen) atoms. The molecule has 0 spiro atoms. The first-order valence-electron chi connectivity index (χ1n) is 4.22. The second-order valence-corrected chi connectivity index (χ2v) is 2.84. The van der Waals surface area contributed by atoms with E-state index in [-0.39, 0.29) is 11.3 Å². The van der Waals surface area contributed by atoms with Crippen molar-refractivity contribution < 1.29 is 19.0 Å². The molecular weight excluding hydrogens is 187 g/mol. The fraction of sp³-hybridized carbons (Fsp3) is 0.300. The van der Waals surface area contributed by atoms with Crippen molar-refractivity contribution in [1.82, 2.24) is 0 Å². The summed E-state index contributed by atoms with van der Waals surface area (Å²) < 4.78 is 18.1. The normalized spacial score (nSPS) is 9.93. The van der Waals surface area contributed by atoms with E-state index < -0.39 is 11.8 Å². The Bertz CT molecular complexity index is 361. The number of halogens is 1. The average molecular weight is 198 g/mol. The molecule has 0 bridgehead atoms. The number of rotatable bonds is 3. The first-order chi connectivity index (χ1) is 6.56. The second-order valence-electron chi connectivity index (χ2n) is 2.84. The zero-order valence-electron chi connectivity index (χ0n) is 8.00. The zero-order valence-corrected chi connectivity index (χ0v) is 8.00. The summed E-state index contributed by atoms with van der Waals surface area (Å²) in [6, 6.07) is 2.37. The molecule has 0 unspecified atom stereocenters. The minimum absolute atomic E-state index is 0.144. The first-order valence-corrected chi connectivity index (χ1v) is 4.22. The number of aromatic carboxylic acids is 1. The third-order valence-electron chi connectivity index (χ3n) is 1.79. The third-order valence-corrected chi connectivity index (χ3v) is 1.79. The molecule has 0 radical (unpaired) electrons. The molecular formula is C10H11FO3. The molecule has 0 fully saturated rings. The highest BCUT2D eigenvalue weighted by molar-refractivity contribution is 5.91. The number of carbonyl (C=O) groups is 1. The van der Waals surface area contributed by atoms with E-state index in [1.807, 2.05) is 0 Å². The van der Waals surface area contributed by atoms with Gasteiger partial charge in [0.15, 0.2) is 0 Å². The molecule has 0 atom stereocenters. The fourth-order valence-electron chi connectivity index (χ4n) is 1.10. The molecule has 0 aromatic heterocycles. The monoisotopic (exact) mass is 198 g/mol. The maximum atomic E-state index is 13.0. The Morgan fingerprint density at radius 1 is 1.57 bits per heavy atom. The van der Waals surface area contributed by atoms with Crippen LogP contribution in [-0.4, -0.2) is 17.7 Å². The quantitative estimate of drug-likeness (QED) is 0.810. The molecule has 0 saturated heterocycles. The predicted octanol–water partition coefficient (Wildman–Crippen LogP) is 2.23. The summed E-state index contributed by atoms with van der Waals surface area (Å²) in [5.74, 6) is -1.52. The van der Waals surface area contributed by atoms with Gasteiger partial charge in [-0.15, -0.1) is 0 Å². The van der Waals surface area contributed by atoms with Gasteiger partial charge >= 0.3 is 5.97 Å². The number of carboxylic acids is 1. The summed E-state index contributed by atoms with van der Waals surface area (Å²) in [7, 11) is 0. The number of ether oxygens (including phenoxy) is 1. The molecule has 76 valence electrons. The number of hydrogen-bond acceptors (Lipinski definition) is 2. The van der Waals surface area contributed by atoms with Crippen molar-refractivity contribution in [2.75, 3.05) is 6.61 Å². The van der Waals surface area contributed by atoms with Crippen LogP contribution in [0.25, 0.3) is 0 Å². The average Bonchev–Trinajstić information content (AvgIpc) is 2.11. The van der Waals surface area contributed by atoms with Gasteiger partial charge < -0.3 is 9.84 Å². The molecule has 3 nitrogen and oxygen atoms in total. The van der Waals surface area contributed by atoms with Crippen LogP contribution in [0.5, 0.6) is 5.75 Å². The highest BCUT2D eigenvalue weighted by Gasteiger charge is 2.14. The van der Waals surface area contributed by atoms with Gasteiger partial charge in [0, 0.05) is 0 Å². The number of hydrogen-bond donors (Lipinski definition) is 1. The lowest BCUT2D eigenvalue weighted by molar-refractivity contribution is 0.0692. The van der Waals surface area contributed by atoms with Crippen LogP contribution in [0, 0.1) is 12.7 Å². The van der Waals surface area contributed by atoms with E-state index in [1.165, 1.54) is 6.07 Å². The minimum Gasteiger partial charge on any atom is -0.493 e. The topological polar surface area (TPSA) is 46.5 Å². The SMILES string of the molecule is CCOc1cc(C)c(F)cc1C(=O)O. The van der Waals surface area contributed by atoms with E-state index in [0.29, 0.717) is 12.2 Å². The van der Waals surface area contributed by atoms with Crippen molar-refractivity contribution in [1.29, 1.82) is 0 Å². The van der Waals surface area contributed by atoms with E-state index >= 15 is 0 Å². The zero-order chi connectivity index (χ0) is 10.7. The van der Waals surface area contributed by atoms with Crippen molar-refractivity contribution in [3.8, 4) is 5.75 Å². The number of benzene rings is 1. The Morgan fingerprint density at radius 3 is 2.71 bits per heavy atom. The van der Waals surface area contributed by atoms with E-state index in [9.17, 15) is 9.18 Å². The smallest absolute Gasteiger partial charge is 0.339 e. The highest BCUT2D eigenvalue weighted by Crippen LogP contribution is 2.22. The van der Waals surface area contributed by atoms with Gasteiger partial charge in [0.05, 0.1) is 6.61 Å². The lowest BCUT2D eigenvalue weighted by Gasteiger charge is -2.08. The van der Waals surface area contributed by atoms with E-state index in [1.54, 1.807) is 13.8 Å². The molecule has 0 aliphatic carbocycles. The maximum Gasteiger partial charge on any atom is 0.339 e. The molecule has 1 rings (SSSR count). The second kappa shape index (κ2) is 4.09. The first kappa shape index (κ1) is 10.5. The number of carboxylic acid groups (broad SMARTS) is 1. The van der Waals surface area contributed by atoms with E-state index in [0.717, 1.165) is 6.07 Å². The largest absolute Gasteiger partial charge is 0.493 e. The van der Waals surface area contributed by atoms with Crippen LogP contribution in [0.3, 0.4) is 0 Å². The molecule has 0 amide bonds. The highest BCUT2D eigenvalue weighted by atomic mass is 19.1. The minimum atomic E-state index is -1.19. The van der Waals surface area contributed by atoms with Crippen LogP contribution in [0.1, 0.15) is 22.8 Å². The summed E-state index contributed by atoms with van der Waals surface area (Å²) in [4.78, 5) is 10.7. The standard InChI is InChI=1S/C10H11FO3/c1-3-14-9-4-6(2)8(11)5-7(9)10(12)13/h4-5H,3H2,1-2H3,(H,12,13). The summed E-state index contributed by atoms with van der Waals surface area (Å²) in [5, 5.41) is 8.76. The van der Waals surface area contributed by atoms with Gasteiger partial charge in [-0.3, -0.25) is 0 Å². The van der Waals surface area contributed by atoms with Gasteiger partial charge in [-0.05, 0) is 31.5 Å². The van der Waals surface area contributed by atoms with E-state index in [4.69, 9.17) is 9.84 Å². The summed E-state index contributed by atoms with van der Waals surface area (Å²) in [6.45, 7) is 3.65. The predicted molar refractivity (Wildman–Crippen MR) is 49.3 cm³/mol. The Labute approximate surface area is 81.1 Å². The van der Waals surface area contributed by atoms with Crippen LogP contribution in [-0.2, 0) is 0 Å². The fourth-order valence-corrected chi connectivity index (χ4v) is 1.10. The Morgan fingerprint density at radius 2 is 2.21 bits per heavy atom. The molecule has 0 heterocycles. The summed E-state index contributed by atoms with van der Waals surface area (Å²) in [5.41, 5.74) is 0.230. The van der Waals surface area contributed by atoms with E-state index in [2.05, 4.69) is 0 Å². The van der Waals surface area contributed by atoms with Crippen molar-refractivity contribution in [3.63, 3.8) is 0 Å². The molecule has 0 saturated carbocycles. The van der Waals surface area contributed by atoms with Crippen molar-refractivity contribution in [2.24, 2.45) is 0 Å². The van der Waals surface area contributed by atoms with Crippen LogP contribution in [0.15, 0.2) is 12.1 Å². The number of aryl methyl sites for hydroxylation is 1. The van der Waals surface area contributed by atoms with Crippen molar-refractivity contribution in [3.05, 3.63) is 29.1 Å². The van der Waals surface area contributed by atoms with Gasteiger partial charge in [-0.2, -0.15) is 0 Å². The van der Waals surface area contributed by atoms with Crippen LogP contribution >= 0.6 is 0 Å². The summed E-state index contributed by atoms with van der Waals surface area (Å²) in [6.07, 6.45) is 0. The Hall–Kier alpha value is -1.58. The van der Waals surface area contributed by atoms with Gasteiger partial charge in [0.25, 0.3) is 0 Å². The molecule has 1 N–H and O–H groups in total.